The first-order valence-electron chi connectivity index (χ1n) is 11.7. The minimum Gasteiger partial charge on any atom is -0.478 e. The van der Waals surface area contributed by atoms with Gasteiger partial charge in [0.25, 0.3) is 0 Å². The maximum atomic E-state index is 12.2. The Kier molecular flexibility index (Phi) is 7.28. The zero-order valence-corrected chi connectivity index (χ0v) is 19.7. The largest absolute Gasteiger partial charge is 0.478 e. The van der Waals surface area contributed by atoms with E-state index in [0.29, 0.717) is 61.7 Å². The predicted octanol–water partition coefficient (Wildman–Crippen LogP) is 1.08. The molecule has 2 heterocycles. The first kappa shape index (κ1) is 23.9. The van der Waals surface area contributed by atoms with Crippen LogP contribution in [0.4, 0.5) is 11.5 Å². The molecule has 2 aliphatic rings. The molecule has 10 heteroatoms. The van der Waals surface area contributed by atoms with E-state index in [1.165, 1.54) is 0 Å². The average molecular weight is 469 g/mol. The van der Waals surface area contributed by atoms with Crippen molar-refractivity contribution in [1.29, 1.82) is 0 Å². The molecule has 1 aromatic heterocycles. The van der Waals surface area contributed by atoms with E-state index in [0.717, 1.165) is 19.4 Å². The molecular formula is C24H32N6O4. The number of aromatic nitrogens is 1. The molecule has 0 radical (unpaired) electrons. The molecule has 0 unspecified atom stereocenters. The first-order valence-corrected chi connectivity index (χ1v) is 11.7. The second kappa shape index (κ2) is 10.4. The van der Waals surface area contributed by atoms with Crippen LogP contribution in [0.1, 0.15) is 23.2 Å². The molecule has 4 rings (SSSR count). The van der Waals surface area contributed by atoms with Gasteiger partial charge in [0.2, 0.25) is 11.8 Å². The number of benzene rings is 1. The highest BCUT2D eigenvalue weighted by Crippen LogP contribution is 2.31. The molecule has 0 bridgehead atoms. The minimum absolute atomic E-state index is 0.0110. The lowest BCUT2D eigenvalue weighted by atomic mass is 10.1. The van der Waals surface area contributed by atoms with Crippen molar-refractivity contribution in [3.8, 4) is 0 Å². The number of hydrogen-bond acceptors (Lipinski definition) is 7. The molecule has 182 valence electrons. The van der Waals surface area contributed by atoms with E-state index >= 15 is 0 Å². The number of likely N-dealkylation sites (N-methyl/N-ethyl adjacent to an activating group) is 1. The van der Waals surface area contributed by atoms with Gasteiger partial charge in [0.1, 0.15) is 5.82 Å². The number of piperazine rings is 1. The zero-order valence-electron chi connectivity index (χ0n) is 19.7. The van der Waals surface area contributed by atoms with Gasteiger partial charge in [-0.3, -0.25) is 14.5 Å². The van der Waals surface area contributed by atoms with Crippen LogP contribution in [0, 0.1) is 5.92 Å². The summed E-state index contributed by atoms with van der Waals surface area (Å²) in [6.45, 7) is 4.45. The molecule has 1 aromatic carbocycles. The summed E-state index contributed by atoms with van der Waals surface area (Å²) in [6.07, 6.45) is 1.80. The number of carboxylic acid groups (broad SMARTS) is 1. The molecule has 0 atom stereocenters. The van der Waals surface area contributed by atoms with Crippen molar-refractivity contribution in [1.82, 2.24) is 20.1 Å². The summed E-state index contributed by atoms with van der Waals surface area (Å²) in [4.78, 5) is 47.1. The van der Waals surface area contributed by atoms with Crippen molar-refractivity contribution in [3.05, 3.63) is 29.8 Å². The van der Waals surface area contributed by atoms with Gasteiger partial charge in [0.05, 0.1) is 17.6 Å². The van der Waals surface area contributed by atoms with Gasteiger partial charge in [-0.2, -0.15) is 0 Å². The lowest BCUT2D eigenvalue weighted by Crippen LogP contribution is -2.50. The van der Waals surface area contributed by atoms with Crippen molar-refractivity contribution >= 4 is 40.2 Å². The van der Waals surface area contributed by atoms with Crippen molar-refractivity contribution in [2.75, 3.05) is 70.1 Å². The van der Waals surface area contributed by atoms with E-state index in [9.17, 15) is 19.5 Å². The molecule has 1 aliphatic carbocycles. The van der Waals surface area contributed by atoms with Crippen LogP contribution in [0.2, 0.25) is 0 Å². The molecule has 0 spiro atoms. The number of aromatic carboxylic acids is 1. The molecule has 1 saturated heterocycles. The summed E-state index contributed by atoms with van der Waals surface area (Å²) in [6, 6.07) is 6.80. The van der Waals surface area contributed by atoms with Gasteiger partial charge >= 0.3 is 5.97 Å². The van der Waals surface area contributed by atoms with Crippen LogP contribution in [0.25, 0.3) is 10.9 Å². The Morgan fingerprint density at radius 1 is 1.12 bits per heavy atom. The van der Waals surface area contributed by atoms with Crippen molar-refractivity contribution in [2.24, 2.45) is 5.92 Å². The number of carbonyl (C=O) groups is 3. The number of anilines is 2. The quantitative estimate of drug-likeness (QED) is 0.501. The van der Waals surface area contributed by atoms with Crippen molar-refractivity contribution < 1.29 is 19.5 Å². The fourth-order valence-corrected chi connectivity index (χ4v) is 4.03. The zero-order chi connectivity index (χ0) is 24.2. The maximum Gasteiger partial charge on any atom is 0.336 e. The lowest BCUT2D eigenvalue weighted by Gasteiger charge is -2.35. The second-order valence-electron chi connectivity index (χ2n) is 9.25. The fourth-order valence-electron chi connectivity index (χ4n) is 4.03. The summed E-state index contributed by atoms with van der Waals surface area (Å²) in [7, 11) is 3.93. The van der Waals surface area contributed by atoms with Gasteiger partial charge in [-0.25, -0.2) is 9.78 Å². The van der Waals surface area contributed by atoms with Gasteiger partial charge in [0.15, 0.2) is 0 Å². The summed E-state index contributed by atoms with van der Waals surface area (Å²) in [5, 5.41) is 16.1. The van der Waals surface area contributed by atoms with E-state index in [1.54, 1.807) is 24.3 Å². The summed E-state index contributed by atoms with van der Waals surface area (Å²) < 4.78 is 0. The van der Waals surface area contributed by atoms with Gasteiger partial charge in [-0.1, -0.05) is 0 Å². The molecule has 2 aromatic rings. The van der Waals surface area contributed by atoms with Crippen molar-refractivity contribution in [2.45, 2.75) is 12.8 Å². The van der Waals surface area contributed by atoms with Gasteiger partial charge in [-0.15, -0.1) is 0 Å². The number of carbonyl (C=O) groups excluding carboxylic acids is 2. The molecule has 1 saturated carbocycles. The van der Waals surface area contributed by atoms with Gasteiger partial charge in [0, 0.05) is 56.3 Å². The van der Waals surface area contributed by atoms with E-state index in [4.69, 9.17) is 4.98 Å². The molecular weight excluding hydrogens is 436 g/mol. The normalized spacial score (nSPS) is 16.6. The Morgan fingerprint density at radius 3 is 2.50 bits per heavy atom. The number of amides is 2. The van der Waals surface area contributed by atoms with Crippen LogP contribution in [0.15, 0.2) is 24.3 Å². The summed E-state index contributed by atoms with van der Waals surface area (Å²) in [5.41, 5.74) is 1.31. The third kappa shape index (κ3) is 6.00. The second-order valence-corrected chi connectivity index (χ2v) is 9.25. The van der Waals surface area contributed by atoms with Crippen LogP contribution in [0.3, 0.4) is 0 Å². The monoisotopic (exact) mass is 468 g/mol. The SMILES string of the molecule is CN(C)CCNC(=O)CN1CCN(c2cc(C(=O)O)c3cc(NC(=O)C4CC4)ccc3n2)CC1. The maximum absolute atomic E-state index is 12.2. The number of fused-ring (bicyclic) bond motifs is 1. The Morgan fingerprint density at radius 2 is 1.85 bits per heavy atom. The Hall–Kier alpha value is -3.24. The third-order valence-corrected chi connectivity index (χ3v) is 6.19. The van der Waals surface area contributed by atoms with E-state index in [1.807, 2.05) is 19.0 Å². The van der Waals surface area contributed by atoms with Gasteiger partial charge in [-0.05, 0) is 51.2 Å². The van der Waals surface area contributed by atoms with Crippen LogP contribution >= 0.6 is 0 Å². The highest BCUT2D eigenvalue weighted by molar-refractivity contribution is 6.05. The highest BCUT2D eigenvalue weighted by atomic mass is 16.4. The van der Waals surface area contributed by atoms with Crippen LogP contribution in [-0.4, -0.2) is 97.6 Å². The van der Waals surface area contributed by atoms with Crippen LogP contribution in [0.5, 0.6) is 0 Å². The Balaban J connectivity index is 1.41. The number of pyridine rings is 1. The minimum atomic E-state index is -1.03. The Labute approximate surface area is 198 Å². The predicted molar refractivity (Wildman–Crippen MR) is 130 cm³/mol. The number of nitrogens with one attached hydrogen (secondary N) is 2. The molecule has 2 amide bonds. The number of rotatable bonds is 9. The topological polar surface area (TPSA) is 118 Å². The summed E-state index contributed by atoms with van der Waals surface area (Å²) in [5.74, 6) is -0.373. The number of hydrogen-bond donors (Lipinski definition) is 3. The molecule has 1 aliphatic heterocycles. The first-order chi connectivity index (χ1) is 16.3. The van der Waals surface area contributed by atoms with Crippen molar-refractivity contribution in [3.63, 3.8) is 0 Å². The molecule has 2 fully saturated rings. The lowest BCUT2D eigenvalue weighted by molar-refractivity contribution is -0.122. The van der Waals surface area contributed by atoms with E-state index < -0.39 is 5.97 Å². The highest BCUT2D eigenvalue weighted by Gasteiger charge is 2.29. The number of nitrogens with zero attached hydrogens (tertiary/aromatic N) is 4. The summed E-state index contributed by atoms with van der Waals surface area (Å²) >= 11 is 0. The van der Waals surface area contributed by atoms with Crippen LogP contribution < -0.4 is 15.5 Å². The fraction of sp³-hybridized carbons (Fsp3) is 0.500. The molecule has 3 N–H and O–H groups in total. The van der Waals surface area contributed by atoms with Crippen LogP contribution in [-0.2, 0) is 9.59 Å². The molecule has 34 heavy (non-hydrogen) atoms. The standard InChI is InChI=1S/C24H32N6O4/c1-28(2)8-7-25-22(31)15-29-9-11-30(12-10-29)21-14-19(24(33)34)18-13-17(5-6-20(18)27-21)26-23(32)16-3-4-16/h5-6,13-14,16H,3-4,7-12,15H2,1-2H3,(H,25,31)(H,26,32)(H,33,34). The Bertz CT molecular complexity index is 1080. The molecule has 10 nitrogen and oxygen atoms in total. The third-order valence-electron chi connectivity index (χ3n) is 6.19. The number of carboxylic acids is 1. The van der Waals surface area contributed by atoms with E-state index in [-0.39, 0.29) is 23.3 Å². The average Bonchev–Trinajstić information content (AvgIpc) is 3.64. The van der Waals surface area contributed by atoms with E-state index in [2.05, 4.69) is 20.4 Å². The smallest absolute Gasteiger partial charge is 0.336 e. The van der Waals surface area contributed by atoms with Gasteiger partial charge < -0.3 is 25.5 Å².